The molecular formula is C13H10BrCl3N2O2. The van der Waals surface area contributed by atoms with Crippen molar-refractivity contribution in [1.29, 1.82) is 0 Å². The standard InChI is InChI=1S/C13H10BrCl3N2O2/c14-13-10(15)3-8(5-18-13)6-19(2-1-11(16)17)9-4-12(20)21-7-9/h1,3-5H,2,6-7H2. The summed E-state index contributed by atoms with van der Waals surface area (Å²) in [5, 5.41) is 0.520. The number of pyridine rings is 1. The molecule has 0 N–H and O–H groups in total. The highest BCUT2D eigenvalue weighted by Gasteiger charge is 2.19. The average molecular weight is 412 g/mol. The summed E-state index contributed by atoms with van der Waals surface area (Å²) in [4.78, 5) is 17.3. The zero-order chi connectivity index (χ0) is 15.4. The van der Waals surface area contributed by atoms with Gasteiger partial charge in [0, 0.05) is 25.4 Å². The number of ether oxygens (including phenoxy) is 1. The number of hydrogen-bond donors (Lipinski definition) is 0. The summed E-state index contributed by atoms with van der Waals surface area (Å²) in [6.45, 7) is 1.17. The van der Waals surface area contributed by atoms with E-state index in [0.29, 0.717) is 22.7 Å². The second-order valence-corrected chi connectivity index (χ2v) is 6.40. The lowest BCUT2D eigenvalue weighted by molar-refractivity contribution is -0.135. The van der Waals surface area contributed by atoms with Crippen molar-refractivity contribution in [3.63, 3.8) is 0 Å². The number of carbonyl (C=O) groups is 1. The summed E-state index contributed by atoms with van der Waals surface area (Å²) in [6.07, 6.45) is 4.79. The topological polar surface area (TPSA) is 42.4 Å². The van der Waals surface area contributed by atoms with Crippen LogP contribution >= 0.6 is 50.7 Å². The van der Waals surface area contributed by atoms with Crippen LogP contribution in [-0.2, 0) is 16.1 Å². The molecule has 0 radical (unpaired) electrons. The normalized spacial score (nSPS) is 13.7. The van der Waals surface area contributed by atoms with Gasteiger partial charge in [-0.1, -0.05) is 34.8 Å². The first-order valence-corrected chi connectivity index (χ1v) is 7.82. The summed E-state index contributed by atoms with van der Waals surface area (Å²) >= 11 is 20.6. The second-order valence-electron chi connectivity index (χ2n) is 4.23. The summed E-state index contributed by atoms with van der Waals surface area (Å²) in [5.74, 6) is -0.358. The quantitative estimate of drug-likeness (QED) is 0.540. The molecule has 1 aliphatic heterocycles. The zero-order valence-electron chi connectivity index (χ0n) is 10.7. The number of hydrogen-bond acceptors (Lipinski definition) is 4. The van der Waals surface area contributed by atoms with Gasteiger partial charge in [0.05, 0.1) is 10.7 Å². The van der Waals surface area contributed by atoms with Crippen molar-refractivity contribution in [2.45, 2.75) is 6.54 Å². The van der Waals surface area contributed by atoms with Gasteiger partial charge in [0.1, 0.15) is 15.7 Å². The van der Waals surface area contributed by atoms with Gasteiger partial charge >= 0.3 is 5.97 Å². The SMILES string of the molecule is O=C1C=C(N(CC=C(Cl)Cl)Cc2cnc(Br)c(Cl)c2)CO1. The lowest BCUT2D eigenvalue weighted by Crippen LogP contribution is -2.24. The van der Waals surface area contributed by atoms with Crippen molar-refractivity contribution in [3.8, 4) is 0 Å². The number of carbonyl (C=O) groups excluding carboxylic acids is 1. The van der Waals surface area contributed by atoms with Crippen LogP contribution in [0.25, 0.3) is 0 Å². The number of aromatic nitrogens is 1. The van der Waals surface area contributed by atoms with Gasteiger partial charge in [0.15, 0.2) is 0 Å². The molecule has 0 unspecified atom stereocenters. The van der Waals surface area contributed by atoms with E-state index in [1.165, 1.54) is 6.08 Å². The molecule has 112 valence electrons. The van der Waals surface area contributed by atoms with Crippen molar-refractivity contribution < 1.29 is 9.53 Å². The van der Waals surface area contributed by atoms with E-state index in [1.807, 2.05) is 4.90 Å². The fourth-order valence-corrected chi connectivity index (χ4v) is 2.32. The molecule has 2 rings (SSSR count). The molecular weight excluding hydrogens is 402 g/mol. The molecule has 0 atom stereocenters. The third-order valence-corrected chi connectivity index (χ3v) is 4.20. The minimum atomic E-state index is -0.358. The van der Waals surface area contributed by atoms with Crippen molar-refractivity contribution in [2.75, 3.05) is 13.2 Å². The largest absolute Gasteiger partial charge is 0.456 e. The Balaban J connectivity index is 2.18. The first kappa shape index (κ1) is 16.6. The maximum atomic E-state index is 11.2. The van der Waals surface area contributed by atoms with Gasteiger partial charge in [-0.15, -0.1) is 0 Å². The van der Waals surface area contributed by atoms with E-state index in [-0.39, 0.29) is 17.1 Å². The lowest BCUT2D eigenvalue weighted by Gasteiger charge is -2.23. The predicted octanol–water partition coefficient (Wildman–Crippen LogP) is 4.06. The predicted molar refractivity (Wildman–Crippen MR) is 86.2 cm³/mol. The molecule has 0 fully saturated rings. The Kier molecular flexibility index (Phi) is 5.93. The number of cyclic esters (lactones) is 1. The fourth-order valence-electron chi connectivity index (χ4n) is 1.78. The van der Waals surface area contributed by atoms with E-state index in [9.17, 15) is 4.79 Å². The molecule has 0 aromatic carbocycles. The van der Waals surface area contributed by atoms with Gasteiger partial charge in [-0.3, -0.25) is 0 Å². The van der Waals surface area contributed by atoms with Crippen LogP contribution in [0.1, 0.15) is 5.56 Å². The molecule has 4 nitrogen and oxygen atoms in total. The third-order valence-electron chi connectivity index (χ3n) is 2.75. The van der Waals surface area contributed by atoms with Gasteiger partial charge in [0.2, 0.25) is 0 Å². The second kappa shape index (κ2) is 7.49. The smallest absolute Gasteiger partial charge is 0.333 e. The van der Waals surface area contributed by atoms with Crippen LogP contribution in [0, 0.1) is 0 Å². The average Bonchev–Trinajstić information content (AvgIpc) is 2.85. The van der Waals surface area contributed by atoms with Crippen molar-refractivity contribution in [3.05, 3.63) is 49.8 Å². The number of esters is 1. The fraction of sp³-hybridized carbons (Fsp3) is 0.231. The van der Waals surface area contributed by atoms with Gasteiger partial charge in [-0.2, -0.15) is 0 Å². The molecule has 1 aromatic rings. The first-order chi connectivity index (χ1) is 9.95. The summed E-state index contributed by atoms with van der Waals surface area (Å²) in [5.41, 5.74) is 1.65. The molecule has 2 heterocycles. The van der Waals surface area contributed by atoms with E-state index in [0.717, 1.165) is 11.3 Å². The molecule has 1 aromatic heterocycles. The lowest BCUT2D eigenvalue weighted by atomic mass is 10.2. The molecule has 0 spiro atoms. The summed E-state index contributed by atoms with van der Waals surface area (Å²) < 4.78 is 5.67. The van der Waals surface area contributed by atoms with Crippen LogP contribution in [0.2, 0.25) is 5.02 Å². The van der Waals surface area contributed by atoms with Gasteiger partial charge in [0.25, 0.3) is 0 Å². The molecule has 8 heteroatoms. The van der Waals surface area contributed by atoms with Gasteiger partial charge in [-0.25, -0.2) is 9.78 Å². The highest BCUT2D eigenvalue weighted by atomic mass is 79.9. The Morgan fingerprint density at radius 1 is 1.52 bits per heavy atom. The number of nitrogens with zero attached hydrogens (tertiary/aromatic N) is 2. The Morgan fingerprint density at radius 3 is 2.86 bits per heavy atom. The number of halogens is 4. The van der Waals surface area contributed by atoms with Crippen molar-refractivity contribution in [2.24, 2.45) is 0 Å². The van der Waals surface area contributed by atoms with Gasteiger partial charge < -0.3 is 9.64 Å². The van der Waals surface area contributed by atoms with E-state index >= 15 is 0 Å². The zero-order valence-corrected chi connectivity index (χ0v) is 14.5. The van der Waals surface area contributed by atoms with Crippen LogP contribution in [0.4, 0.5) is 0 Å². The highest BCUT2D eigenvalue weighted by Crippen LogP contribution is 2.23. The highest BCUT2D eigenvalue weighted by molar-refractivity contribution is 9.10. The van der Waals surface area contributed by atoms with E-state index in [1.54, 1.807) is 18.3 Å². The summed E-state index contributed by atoms with van der Waals surface area (Å²) in [7, 11) is 0. The minimum Gasteiger partial charge on any atom is -0.456 e. The molecule has 0 aliphatic carbocycles. The Morgan fingerprint density at radius 2 is 2.29 bits per heavy atom. The molecule has 0 saturated heterocycles. The Hall–Kier alpha value is -0.750. The van der Waals surface area contributed by atoms with Gasteiger partial charge in [-0.05, 0) is 33.6 Å². The van der Waals surface area contributed by atoms with Crippen LogP contribution in [0.5, 0.6) is 0 Å². The van der Waals surface area contributed by atoms with Crippen LogP contribution < -0.4 is 0 Å². The van der Waals surface area contributed by atoms with E-state index in [4.69, 9.17) is 39.5 Å². The Bertz CT molecular complexity index is 615. The first-order valence-electron chi connectivity index (χ1n) is 5.89. The maximum absolute atomic E-state index is 11.2. The van der Waals surface area contributed by atoms with Crippen molar-refractivity contribution >= 4 is 56.7 Å². The van der Waals surface area contributed by atoms with E-state index < -0.39 is 0 Å². The van der Waals surface area contributed by atoms with Crippen LogP contribution in [0.15, 0.2) is 39.2 Å². The molecule has 0 amide bonds. The molecule has 0 bridgehead atoms. The molecule has 0 saturated carbocycles. The Labute approximate surface area is 145 Å². The van der Waals surface area contributed by atoms with Crippen molar-refractivity contribution in [1.82, 2.24) is 9.88 Å². The summed E-state index contributed by atoms with van der Waals surface area (Å²) in [6, 6.07) is 1.80. The van der Waals surface area contributed by atoms with E-state index in [2.05, 4.69) is 20.9 Å². The monoisotopic (exact) mass is 410 g/mol. The maximum Gasteiger partial charge on any atom is 0.333 e. The molecule has 1 aliphatic rings. The van der Waals surface area contributed by atoms with Crippen LogP contribution in [-0.4, -0.2) is 29.0 Å². The minimum absolute atomic E-state index is 0.165. The third kappa shape index (κ3) is 4.88. The molecule has 21 heavy (non-hydrogen) atoms. The number of rotatable bonds is 5. The van der Waals surface area contributed by atoms with Crippen LogP contribution in [0.3, 0.4) is 0 Å².